The minimum absolute atomic E-state index is 0.918. The van der Waals surface area contributed by atoms with Gasteiger partial charge >= 0.3 is 0 Å². The number of aromatic nitrogens is 2. The first-order valence-corrected chi connectivity index (χ1v) is 18.5. The molecule has 2 nitrogen and oxygen atoms in total. The first-order valence-electron chi connectivity index (χ1n) is 18.5. The van der Waals surface area contributed by atoms with Gasteiger partial charge in [-0.3, -0.25) is 4.57 Å². The zero-order valence-electron chi connectivity index (χ0n) is 30.0. The van der Waals surface area contributed by atoms with Crippen molar-refractivity contribution in [2.75, 3.05) is 0 Å². The number of imidazole rings is 1. The maximum atomic E-state index is 5.19. The lowest BCUT2D eigenvalue weighted by Gasteiger charge is -2.21. The zero-order chi connectivity index (χ0) is 36.2. The van der Waals surface area contributed by atoms with Crippen LogP contribution in [0.25, 0.3) is 95.0 Å². The van der Waals surface area contributed by atoms with Gasteiger partial charge in [0.1, 0.15) is 5.82 Å². The Morgan fingerprint density at radius 3 is 1.74 bits per heavy atom. The average Bonchev–Trinajstić information content (AvgIpc) is 3.77. The minimum Gasteiger partial charge on any atom is -0.292 e. The molecule has 0 fully saturated rings. The molecular formula is C52H36N2. The number of hydrogen-bond donors (Lipinski definition) is 0. The molecule has 0 amide bonds. The molecule has 8 aromatic carbocycles. The molecule has 1 heterocycles. The van der Waals surface area contributed by atoms with Crippen molar-refractivity contribution in [1.29, 1.82) is 0 Å². The first-order chi connectivity index (χ1) is 26.7. The van der Waals surface area contributed by atoms with E-state index in [-0.39, 0.29) is 0 Å². The van der Waals surface area contributed by atoms with Crippen LogP contribution in [0.15, 0.2) is 189 Å². The highest BCUT2D eigenvalue weighted by Crippen LogP contribution is 2.50. The van der Waals surface area contributed by atoms with Crippen LogP contribution in [-0.4, -0.2) is 9.55 Å². The van der Waals surface area contributed by atoms with Gasteiger partial charge in [0.2, 0.25) is 0 Å². The van der Waals surface area contributed by atoms with Crippen molar-refractivity contribution < 1.29 is 0 Å². The molecule has 1 aromatic heterocycles. The lowest BCUT2D eigenvalue weighted by Crippen LogP contribution is -2.28. The summed E-state index contributed by atoms with van der Waals surface area (Å²) in [5.41, 5.74) is 16.6. The molecule has 0 saturated carbocycles. The lowest BCUT2D eigenvalue weighted by atomic mass is 9.82. The van der Waals surface area contributed by atoms with Crippen molar-refractivity contribution in [2.45, 2.75) is 6.92 Å². The monoisotopic (exact) mass is 688 g/mol. The van der Waals surface area contributed by atoms with Gasteiger partial charge in [-0.05, 0) is 114 Å². The molecule has 0 spiro atoms. The summed E-state index contributed by atoms with van der Waals surface area (Å²) in [6, 6.07) is 63.1. The van der Waals surface area contributed by atoms with Crippen LogP contribution in [0, 0.1) is 0 Å². The zero-order valence-corrected chi connectivity index (χ0v) is 30.0. The maximum absolute atomic E-state index is 5.19. The highest BCUT2D eigenvalue weighted by Gasteiger charge is 2.29. The summed E-state index contributed by atoms with van der Waals surface area (Å²) in [6.07, 6.45) is 4.13. The van der Waals surface area contributed by atoms with E-state index in [1.54, 1.807) is 0 Å². The van der Waals surface area contributed by atoms with Crippen LogP contribution in [0.3, 0.4) is 0 Å². The fourth-order valence-electron chi connectivity index (χ4n) is 8.68. The number of para-hydroxylation sites is 3. The molecule has 254 valence electrons. The van der Waals surface area contributed by atoms with Crippen molar-refractivity contribution in [2.24, 2.45) is 0 Å². The normalized spacial score (nSPS) is 12.3. The Morgan fingerprint density at radius 2 is 1.06 bits per heavy atom. The van der Waals surface area contributed by atoms with Gasteiger partial charge in [0, 0.05) is 11.3 Å². The van der Waals surface area contributed by atoms with E-state index in [9.17, 15) is 0 Å². The smallest absolute Gasteiger partial charge is 0.145 e. The molecule has 0 aliphatic heterocycles. The minimum atomic E-state index is 0.918. The van der Waals surface area contributed by atoms with Gasteiger partial charge in [0.25, 0.3) is 0 Å². The predicted molar refractivity (Wildman–Crippen MR) is 228 cm³/mol. The Labute approximate surface area is 315 Å². The van der Waals surface area contributed by atoms with Crippen molar-refractivity contribution in [1.82, 2.24) is 9.55 Å². The number of allylic oxidation sites excluding steroid dienone is 1. The van der Waals surface area contributed by atoms with Crippen LogP contribution in [0.5, 0.6) is 0 Å². The van der Waals surface area contributed by atoms with Gasteiger partial charge in [-0.2, -0.15) is 0 Å². The van der Waals surface area contributed by atoms with E-state index in [0.29, 0.717) is 0 Å². The van der Waals surface area contributed by atoms with Crippen molar-refractivity contribution >= 4 is 33.5 Å². The number of hydrogen-bond acceptors (Lipinski definition) is 1. The van der Waals surface area contributed by atoms with Gasteiger partial charge in [-0.1, -0.05) is 164 Å². The largest absolute Gasteiger partial charge is 0.292 e. The fraction of sp³-hybridized carbons (Fsp3) is 0.0192. The van der Waals surface area contributed by atoms with Gasteiger partial charge in [-0.25, -0.2) is 4.98 Å². The molecule has 9 aromatic rings. The molecule has 0 bridgehead atoms. The fourth-order valence-corrected chi connectivity index (χ4v) is 8.68. The topological polar surface area (TPSA) is 17.8 Å². The molecule has 0 radical (unpaired) electrons. The molecular weight excluding hydrogens is 653 g/mol. The first kappa shape index (κ1) is 31.7. The van der Waals surface area contributed by atoms with Crippen LogP contribution in [0.1, 0.15) is 12.5 Å². The average molecular weight is 689 g/mol. The molecule has 10 rings (SSSR count). The summed E-state index contributed by atoms with van der Waals surface area (Å²) in [5.74, 6) is 0.918. The number of benzene rings is 8. The van der Waals surface area contributed by atoms with Crippen molar-refractivity contribution in [3.63, 3.8) is 0 Å². The molecule has 0 N–H and O–H groups in total. The second-order valence-electron chi connectivity index (χ2n) is 13.9. The SMILES string of the molecule is C=C/C=c1/c(-c2cccc(-c3nc4ccccc4n3-c3ccccc3)c2)ccc2c1=C(C)c1c-2c(-c2ccccc2)c2ccccc2c1-c1ccccc1. The summed E-state index contributed by atoms with van der Waals surface area (Å²) in [4.78, 5) is 5.19. The Hall–Kier alpha value is -7.03. The molecule has 54 heavy (non-hydrogen) atoms. The van der Waals surface area contributed by atoms with Gasteiger partial charge in [-0.15, -0.1) is 0 Å². The Bertz CT molecular complexity index is 3040. The quantitative estimate of drug-likeness (QED) is 0.170. The van der Waals surface area contributed by atoms with E-state index < -0.39 is 0 Å². The van der Waals surface area contributed by atoms with E-state index in [1.807, 2.05) is 6.08 Å². The highest BCUT2D eigenvalue weighted by atomic mass is 15.1. The standard InChI is InChI=1S/C52H36N2/c1-3-18-41-40(37-23-17-24-38(33-37)52-53-45-29-15-16-30-46(45)54(52)39-25-11-6-12-26-39)31-32-44-47(41)34(2)48-49(35-19-7-4-8-20-35)42-27-13-14-28-43(42)50(51(44)48)36-21-9-5-10-22-36/h3-33H,1H2,2H3/b41-18-. The third kappa shape index (κ3) is 4.92. The van der Waals surface area contributed by atoms with Crippen molar-refractivity contribution in [3.8, 4) is 61.6 Å². The van der Waals surface area contributed by atoms with Gasteiger partial charge in [0.15, 0.2) is 0 Å². The summed E-state index contributed by atoms with van der Waals surface area (Å²) in [5, 5.41) is 4.95. The van der Waals surface area contributed by atoms with Crippen LogP contribution in [0.2, 0.25) is 0 Å². The summed E-state index contributed by atoms with van der Waals surface area (Å²) in [7, 11) is 0. The maximum Gasteiger partial charge on any atom is 0.145 e. The van der Waals surface area contributed by atoms with E-state index in [2.05, 4.69) is 200 Å². The number of nitrogens with zero attached hydrogens (tertiary/aromatic N) is 2. The second kappa shape index (κ2) is 12.9. The van der Waals surface area contributed by atoms with E-state index in [0.717, 1.165) is 39.2 Å². The van der Waals surface area contributed by atoms with Crippen molar-refractivity contribution in [3.05, 3.63) is 205 Å². The van der Waals surface area contributed by atoms with Crippen LogP contribution >= 0.6 is 0 Å². The third-order valence-electron chi connectivity index (χ3n) is 10.9. The predicted octanol–water partition coefficient (Wildman–Crippen LogP) is 12.0. The Balaban J connectivity index is 1.26. The summed E-state index contributed by atoms with van der Waals surface area (Å²) >= 11 is 0. The van der Waals surface area contributed by atoms with E-state index >= 15 is 0 Å². The summed E-state index contributed by atoms with van der Waals surface area (Å²) in [6.45, 7) is 6.53. The molecule has 0 saturated heterocycles. The number of rotatable bonds is 6. The molecule has 2 heteroatoms. The number of fused-ring (bicyclic) bond motifs is 5. The van der Waals surface area contributed by atoms with Crippen LogP contribution in [-0.2, 0) is 0 Å². The molecule has 0 unspecified atom stereocenters. The molecule has 1 aliphatic rings. The van der Waals surface area contributed by atoms with Gasteiger partial charge < -0.3 is 0 Å². The van der Waals surface area contributed by atoms with E-state index in [1.165, 1.54) is 65.7 Å². The van der Waals surface area contributed by atoms with E-state index in [4.69, 9.17) is 4.98 Å². The van der Waals surface area contributed by atoms with Crippen LogP contribution < -0.4 is 10.4 Å². The third-order valence-corrected chi connectivity index (χ3v) is 10.9. The van der Waals surface area contributed by atoms with Crippen LogP contribution in [0.4, 0.5) is 0 Å². The van der Waals surface area contributed by atoms with Gasteiger partial charge in [0.05, 0.1) is 11.0 Å². The lowest BCUT2D eigenvalue weighted by molar-refractivity contribution is 1.10. The summed E-state index contributed by atoms with van der Waals surface area (Å²) < 4.78 is 2.27. The highest BCUT2D eigenvalue weighted by molar-refractivity contribution is 6.17. The Kier molecular flexibility index (Phi) is 7.56. The Morgan fingerprint density at radius 1 is 0.500 bits per heavy atom. The second-order valence-corrected chi connectivity index (χ2v) is 13.9. The molecule has 0 atom stereocenters. The molecule has 1 aliphatic carbocycles.